The van der Waals surface area contributed by atoms with Gasteiger partial charge in [0, 0.05) is 26.1 Å². The van der Waals surface area contributed by atoms with Crippen LogP contribution in [-0.4, -0.2) is 45.7 Å². The monoisotopic (exact) mass is 319 g/mol. The van der Waals surface area contributed by atoms with Crippen LogP contribution in [0.4, 0.5) is 0 Å². The maximum atomic E-state index is 11.6. The highest BCUT2D eigenvalue weighted by atomic mass is 16.2. The van der Waals surface area contributed by atoms with Gasteiger partial charge in [-0.2, -0.15) is 0 Å². The van der Waals surface area contributed by atoms with Crippen LogP contribution in [0.1, 0.15) is 43.6 Å². The lowest BCUT2D eigenvalue weighted by atomic mass is 10.1. The second-order valence-corrected chi connectivity index (χ2v) is 5.55. The van der Waals surface area contributed by atoms with Gasteiger partial charge in [-0.05, 0) is 19.3 Å². The van der Waals surface area contributed by atoms with Gasteiger partial charge in [0.1, 0.15) is 0 Å². The second kappa shape index (κ2) is 7.66. The first kappa shape index (κ1) is 16.9. The Balaban J connectivity index is 1.88. The molecule has 1 saturated heterocycles. The molecule has 1 fully saturated rings. The molecule has 3 N–H and O–H groups in total. The molecule has 0 aliphatic carbocycles. The van der Waals surface area contributed by atoms with Crippen molar-refractivity contribution < 1.29 is 14.4 Å². The van der Waals surface area contributed by atoms with Crippen LogP contribution >= 0.6 is 0 Å². The van der Waals surface area contributed by atoms with Gasteiger partial charge in [0.15, 0.2) is 0 Å². The predicted octanol–water partition coefficient (Wildman–Crippen LogP) is -0.306. The zero-order valence-electron chi connectivity index (χ0n) is 13.1. The number of nitrogens with two attached hydrogens (primary N) is 1. The minimum atomic E-state index is -0.575. The van der Waals surface area contributed by atoms with Crippen molar-refractivity contribution in [2.75, 3.05) is 13.1 Å². The van der Waals surface area contributed by atoms with Gasteiger partial charge in [-0.3, -0.25) is 24.4 Å². The summed E-state index contributed by atoms with van der Waals surface area (Å²) in [6.07, 6.45) is 5.80. The molecule has 23 heavy (non-hydrogen) atoms. The van der Waals surface area contributed by atoms with Gasteiger partial charge in [0.25, 0.3) is 0 Å². The molecular weight excluding hydrogens is 298 g/mol. The van der Waals surface area contributed by atoms with Crippen molar-refractivity contribution in [2.24, 2.45) is 5.73 Å². The number of aryl methyl sites for hydroxylation is 1. The molecule has 2 rings (SSSR count). The van der Waals surface area contributed by atoms with Gasteiger partial charge in [-0.1, -0.05) is 0 Å². The van der Waals surface area contributed by atoms with Crippen molar-refractivity contribution in [3.63, 3.8) is 0 Å². The van der Waals surface area contributed by atoms with Crippen LogP contribution in [0, 0.1) is 0 Å². The number of carbonyl (C=O) groups is 3. The topological polar surface area (TPSA) is 118 Å². The van der Waals surface area contributed by atoms with E-state index in [-0.39, 0.29) is 30.8 Å². The van der Waals surface area contributed by atoms with Crippen LogP contribution in [0.5, 0.6) is 0 Å². The highest BCUT2D eigenvalue weighted by Crippen LogP contribution is 2.30. The number of rotatable bonds is 6. The normalized spacial score (nSPS) is 17.1. The van der Waals surface area contributed by atoms with Gasteiger partial charge in [0.05, 0.1) is 30.2 Å². The molecule has 0 saturated carbocycles. The first-order chi connectivity index (χ1) is 11.0. The number of hydrogen-bond acceptors (Lipinski definition) is 5. The third-order valence-electron chi connectivity index (χ3n) is 3.79. The molecule has 3 amide bonds. The Morgan fingerprint density at radius 1 is 1.35 bits per heavy atom. The molecule has 0 spiro atoms. The van der Waals surface area contributed by atoms with Gasteiger partial charge in [-0.15, -0.1) is 0 Å². The number of amides is 3. The number of primary amides is 1. The predicted molar refractivity (Wildman–Crippen MR) is 81.9 cm³/mol. The van der Waals surface area contributed by atoms with E-state index in [0.717, 1.165) is 25.1 Å². The molecule has 0 aromatic carbocycles. The molecule has 124 valence electrons. The third-order valence-corrected chi connectivity index (χ3v) is 3.79. The second-order valence-electron chi connectivity index (χ2n) is 5.55. The number of likely N-dealkylation sites (tertiary alicyclic amines) is 1. The molecule has 8 heteroatoms. The van der Waals surface area contributed by atoms with E-state index < -0.39 is 5.91 Å². The van der Waals surface area contributed by atoms with E-state index in [9.17, 15) is 14.4 Å². The van der Waals surface area contributed by atoms with Crippen LogP contribution in [0.3, 0.4) is 0 Å². The van der Waals surface area contributed by atoms with Crippen molar-refractivity contribution in [1.29, 1.82) is 0 Å². The molecule has 8 nitrogen and oxygen atoms in total. The summed E-state index contributed by atoms with van der Waals surface area (Å²) in [7, 11) is 0. The lowest BCUT2D eigenvalue weighted by Gasteiger charge is -2.22. The number of nitrogens with zero attached hydrogens (tertiary/aromatic N) is 3. The first-order valence-electron chi connectivity index (χ1n) is 7.60. The molecule has 0 radical (unpaired) electrons. The van der Waals surface area contributed by atoms with Gasteiger partial charge in [0.2, 0.25) is 17.7 Å². The SMILES string of the molecule is CC(=O)N1CCCC1c1cnc(CCC(=O)NCC(N)=O)cn1. The molecule has 1 aliphatic rings. The van der Waals surface area contributed by atoms with Crippen LogP contribution < -0.4 is 11.1 Å². The van der Waals surface area contributed by atoms with E-state index in [1.807, 2.05) is 0 Å². The molecule has 1 aromatic heterocycles. The molecule has 1 atom stereocenters. The fourth-order valence-corrected chi connectivity index (χ4v) is 2.63. The zero-order valence-corrected chi connectivity index (χ0v) is 13.1. The standard InChI is InChI=1S/C15H21N5O3/c1-10(21)20-6-2-3-13(20)12-8-17-11(7-18-12)4-5-15(23)19-9-14(16)22/h7-8,13H,2-6,9H2,1H3,(H2,16,22)(H,19,23). The van der Waals surface area contributed by atoms with Crippen molar-refractivity contribution in [3.05, 3.63) is 23.8 Å². The summed E-state index contributed by atoms with van der Waals surface area (Å²) >= 11 is 0. The smallest absolute Gasteiger partial charge is 0.236 e. The van der Waals surface area contributed by atoms with Crippen molar-refractivity contribution in [2.45, 2.75) is 38.6 Å². The van der Waals surface area contributed by atoms with Crippen LogP contribution in [-0.2, 0) is 20.8 Å². The number of aromatic nitrogens is 2. The Bertz CT molecular complexity index is 587. The quantitative estimate of drug-likeness (QED) is 0.746. The fraction of sp³-hybridized carbons (Fsp3) is 0.533. The van der Waals surface area contributed by atoms with E-state index in [0.29, 0.717) is 12.1 Å². The van der Waals surface area contributed by atoms with Gasteiger partial charge >= 0.3 is 0 Å². The first-order valence-corrected chi connectivity index (χ1v) is 7.60. The van der Waals surface area contributed by atoms with E-state index >= 15 is 0 Å². The molecule has 1 aliphatic heterocycles. The fourth-order valence-electron chi connectivity index (χ4n) is 2.63. The van der Waals surface area contributed by atoms with Crippen molar-refractivity contribution >= 4 is 17.7 Å². The van der Waals surface area contributed by atoms with Crippen LogP contribution in [0.25, 0.3) is 0 Å². The van der Waals surface area contributed by atoms with E-state index in [1.165, 1.54) is 0 Å². The Labute approximate surface area is 134 Å². The summed E-state index contributed by atoms with van der Waals surface area (Å²) in [5, 5.41) is 2.42. The Morgan fingerprint density at radius 3 is 2.74 bits per heavy atom. The maximum absolute atomic E-state index is 11.6. The van der Waals surface area contributed by atoms with Crippen molar-refractivity contribution in [1.82, 2.24) is 20.2 Å². The lowest BCUT2D eigenvalue weighted by Crippen LogP contribution is -2.33. The Hall–Kier alpha value is -2.51. The summed E-state index contributed by atoms with van der Waals surface area (Å²) in [5.74, 6) is -0.785. The average molecular weight is 319 g/mol. The van der Waals surface area contributed by atoms with Gasteiger partial charge in [-0.25, -0.2) is 0 Å². The molecular formula is C15H21N5O3. The highest BCUT2D eigenvalue weighted by Gasteiger charge is 2.28. The Kier molecular flexibility index (Phi) is 5.61. The maximum Gasteiger partial charge on any atom is 0.236 e. The summed E-state index contributed by atoms with van der Waals surface area (Å²) in [6, 6.07) is -0.00656. The third kappa shape index (κ3) is 4.73. The van der Waals surface area contributed by atoms with E-state index in [1.54, 1.807) is 24.2 Å². The highest BCUT2D eigenvalue weighted by molar-refractivity contribution is 5.83. The van der Waals surface area contributed by atoms with Crippen LogP contribution in [0.2, 0.25) is 0 Å². The number of hydrogen-bond donors (Lipinski definition) is 2. The van der Waals surface area contributed by atoms with E-state index in [2.05, 4.69) is 15.3 Å². The summed E-state index contributed by atoms with van der Waals surface area (Å²) in [4.78, 5) is 44.2. The average Bonchev–Trinajstić information content (AvgIpc) is 3.01. The lowest BCUT2D eigenvalue weighted by molar-refractivity contribution is -0.129. The zero-order chi connectivity index (χ0) is 16.8. The van der Waals surface area contributed by atoms with Crippen molar-refractivity contribution in [3.8, 4) is 0 Å². The molecule has 2 heterocycles. The molecule has 0 bridgehead atoms. The minimum Gasteiger partial charge on any atom is -0.368 e. The Morgan fingerprint density at radius 2 is 2.13 bits per heavy atom. The number of nitrogens with one attached hydrogen (secondary N) is 1. The number of carbonyl (C=O) groups excluding carboxylic acids is 3. The minimum absolute atomic E-state index is 0.00656. The summed E-state index contributed by atoms with van der Waals surface area (Å²) in [6.45, 7) is 2.15. The van der Waals surface area contributed by atoms with Crippen LogP contribution in [0.15, 0.2) is 12.4 Å². The largest absolute Gasteiger partial charge is 0.368 e. The summed E-state index contributed by atoms with van der Waals surface area (Å²) < 4.78 is 0. The van der Waals surface area contributed by atoms with E-state index in [4.69, 9.17) is 5.73 Å². The van der Waals surface area contributed by atoms with Gasteiger partial charge < -0.3 is 16.0 Å². The molecule has 1 unspecified atom stereocenters. The molecule has 1 aromatic rings. The summed E-state index contributed by atoms with van der Waals surface area (Å²) in [5.41, 5.74) is 6.42.